The number of β-lactam (4-membered cyclic amide) rings is 1. The minimum Gasteiger partial charge on any atom is -0.613 e. The number of carbonyl (C=O) groups is 2. The predicted molar refractivity (Wildman–Crippen MR) is 79.6 cm³/mol. The number of nitrogens with zero attached hydrogens (tertiary/aromatic N) is 1. The van der Waals surface area contributed by atoms with Gasteiger partial charge in [-0.15, -0.1) is 0 Å². The van der Waals surface area contributed by atoms with E-state index in [9.17, 15) is 14.1 Å². The number of amides is 2. The van der Waals surface area contributed by atoms with Gasteiger partial charge in [0.1, 0.15) is 5.92 Å². The molecule has 1 aromatic carbocycles. The van der Waals surface area contributed by atoms with Gasteiger partial charge < -0.3 is 9.87 Å². The first-order valence-corrected chi connectivity index (χ1v) is 7.98. The maximum Gasteiger partial charge on any atom is 0.241 e. The highest BCUT2D eigenvalue weighted by atomic mass is 32.2. The molecular formula is C15H16N2O3S. The summed E-state index contributed by atoms with van der Waals surface area (Å²) in [4.78, 5) is 25.1. The van der Waals surface area contributed by atoms with Crippen LogP contribution in [-0.2, 0) is 20.8 Å². The Morgan fingerprint density at radius 3 is 2.71 bits per heavy atom. The van der Waals surface area contributed by atoms with Crippen molar-refractivity contribution in [3.8, 4) is 0 Å². The van der Waals surface area contributed by atoms with E-state index in [0.717, 1.165) is 5.56 Å². The average Bonchev–Trinajstić information content (AvgIpc) is 2.46. The van der Waals surface area contributed by atoms with Crippen molar-refractivity contribution in [2.45, 2.75) is 23.6 Å². The quantitative estimate of drug-likeness (QED) is 0.497. The van der Waals surface area contributed by atoms with Gasteiger partial charge in [0.25, 0.3) is 0 Å². The Hall–Kier alpha value is -1.79. The van der Waals surface area contributed by atoms with Crippen LogP contribution in [0.1, 0.15) is 18.4 Å². The molecule has 2 fully saturated rings. The molecule has 0 aromatic heterocycles. The molecular weight excluding hydrogens is 288 g/mol. The Kier molecular flexibility index (Phi) is 3.51. The fraction of sp³-hybridized carbons (Fsp3) is 0.333. The fourth-order valence-electron chi connectivity index (χ4n) is 2.87. The van der Waals surface area contributed by atoms with E-state index < -0.39 is 22.5 Å². The molecule has 0 aliphatic carbocycles. The van der Waals surface area contributed by atoms with Gasteiger partial charge in [0.05, 0.1) is 6.54 Å². The van der Waals surface area contributed by atoms with Crippen LogP contribution in [0.15, 0.2) is 42.5 Å². The number of rotatable bonds is 2. The van der Waals surface area contributed by atoms with E-state index in [1.165, 1.54) is 6.92 Å². The second-order valence-electron chi connectivity index (χ2n) is 5.31. The molecule has 2 heterocycles. The van der Waals surface area contributed by atoms with Gasteiger partial charge in [0, 0.05) is 23.7 Å². The van der Waals surface area contributed by atoms with E-state index in [1.54, 1.807) is 4.90 Å². The smallest absolute Gasteiger partial charge is 0.241 e. The molecule has 2 aliphatic rings. The lowest BCUT2D eigenvalue weighted by molar-refractivity contribution is -0.145. The molecule has 0 spiro atoms. The van der Waals surface area contributed by atoms with Crippen molar-refractivity contribution < 1.29 is 14.1 Å². The van der Waals surface area contributed by atoms with E-state index in [-0.39, 0.29) is 17.2 Å². The summed E-state index contributed by atoms with van der Waals surface area (Å²) in [6.07, 6.45) is 0. The molecule has 6 heteroatoms. The lowest BCUT2D eigenvalue weighted by Gasteiger charge is -2.51. The highest BCUT2D eigenvalue weighted by molar-refractivity contribution is 7.93. The highest BCUT2D eigenvalue weighted by Gasteiger charge is 2.60. The maximum atomic E-state index is 12.7. The third kappa shape index (κ3) is 2.24. The zero-order chi connectivity index (χ0) is 15.1. The van der Waals surface area contributed by atoms with Crippen molar-refractivity contribution in [3.63, 3.8) is 0 Å². The molecule has 1 N–H and O–H groups in total. The van der Waals surface area contributed by atoms with Crippen LogP contribution in [-0.4, -0.2) is 38.6 Å². The SMILES string of the molecule is C=C1CN2C(=O)[C@@H](c3ccccc3)[C@H]2[S@@+]([O-])C1NC(C)=O. The first kappa shape index (κ1) is 14.2. The van der Waals surface area contributed by atoms with Gasteiger partial charge in [-0.3, -0.25) is 14.5 Å². The zero-order valence-electron chi connectivity index (χ0n) is 11.6. The van der Waals surface area contributed by atoms with Gasteiger partial charge >= 0.3 is 0 Å². The van der Waals surface area contributed by atoms with Gasteiger partial charge in [-0.1, -0.05) is 36.9 Å². The second kappa shape index (κ2) is 5.20. The minimum absolute atomic E-state index is 0.0259. The summed E-state index contributed by atoms with van der Waals surface area (Å²) in [6.45, 7) is 5.59. The summed E-state index contributed by atoms with van der Waals surface area (Å²) < 4.78 is 12.7. The van der Waals surface area contributed by atoms with E-state index in [0.29, 0.717) is 12.1 Å². The number of fused-ring (bicyclic) bond motifs is 1. The van der Waals surface area contributed by atoms with Crippen LogP contribution < -0.4 is 5.32 Å². The maximum absolute atomic E-state index is 12.7. The van der Waals surface area contributed by atoms with E-state index in [4.69, 9.17) is 0 Å². The number of carbonyl (C=O) groups excluding carboxylic acids is 2. The van der Waals surface area contributed by atoms with Crippen molar-refractivity contribution in [3.05, 3.63) is 48.0 Å². The Morgan fingerprint density at radius 2 is 2.10 bits per heavy atom. The Labute approximate surface area is 126 Å². The Morgan fingerprint density at radius 1 is 1.43 bits per heavy atom. The van der Waals surface area contributed by atoms with Crippen molar-refractivity contribution in [1.29, 1.82) is 0 Å². The fourth-order valence-corrected chi connectivity index (χ4v) is 4.80. The van der Waals surface area contributed by atoms with Crippen LogP contribution in [0.5, 0.6) is 0 Å². The first-order valence-electron chi connectivity index (χ1n) is 6.70. The van der Waals surface area contributed by atoms with Crippen molar-refractivity contribution in [2.24, 2.45) is 0 Å². The zero-order valence-corrected chi connectivity index (χ0v) is 12.4. The van der Waals surface area contributed by atoms with Gasteiger partial charge in [-0.2, -0.15) is 0 Å². The number of nitrogens with one attached hydrogen (secondary N) is 1. The summed E-state index contributed by atoms with van der Waals surface area (Å²) in [7, 11) is 0. The van der Waals surface area contributed by atoms with Gasteiger partial charge in [-0.05, 0) is 5.56 Å². The van der Waals surface area contributed by atoms with Crippen LogP contribution >= 0.6 is 0 Å². The van der Waals surface area contributed by atoms with Crippen molar-refractivity contribution in [1.82, 2.24) is 10.2 Å². The third-order valence-corrected chi connectivity index (χ3v) is 5.77. The molecule has 2 aliphatic heterocycles. The summed E-state index contributed by atoms with van der Waals surface area (Å²) in [5.41, 5.74) is 1.48. The van der Waals surface area contributed by atoms with Crippen LogP contribution in [0, 0.1) is 0 Å². The van der Waals surface area contributed by atoms with Gasteiger partial charge in [-0.25, -0.2) is 0 Å². The molecule has 2 saturated heterocycles. The topological polar surface area (TPSA) is 72.5 Å². The number of hydrogen-bond acceptors (Lipinski definition) is 3. The molecule has 1 aromatic rings. The standard InChI is InChI=1S/C15H16N2O3S/c1-9-8-17-14(19)12(11-6-4-3-5-7-11)15(17)21(20)13(9)16-10(2)18/h3-7,12-13,15H,1,8H2,2H3,(H,16,18)/t12-,13?,15-,21+/m1/s1. The highest BCUT2D eigenvalue weighted by Crippen LogP contribution is 2.43. The predicted octanol–water partition coefficient (Wildman–Crippen LogP) is 0.719. The third-order valence-electron chi connectivity index (χ3n) is 3.85. The van der Waals surface area contributed by atoms with Crippen LogP contribution in [0.4, 0.5) is 0 Å². The van der Waals surface area contributed by atoms with E-state index >= 15 is 0 Å². The van der Waals surface area contributed by atoms with E-state index in [2.05, 4.69) is 11.9 Å². The Balaban J connectivity index is 1.87. The largest absolute Gasteiger partial charge is 0.613 e. The second-order valence-corrected chi connectivity index (χ2v) is 6.92. The average molecular weight is 304 g/mol. The summed E-state index contributed by atoms with van der Waals surface area (Å²) in [5.74, 6) is -0.664. The van der Waals surface area contributed by atoms with Crippen molar-refractivity contribution >= 4 is 23.0 Å². The lowest BCUT2D eigenvalue weighted by Crippen LogP contribution is -2.69. The summed E-state index contributed by atoms with van der Waals surface area (Å²) in [5, 5.41) is 1.71. The van der Waals surface area contributed by atoms with E-state index in [1.807, 2.05) is 30.3 Å². The molecule has 5 nitrogen and oxygen atoms in total. The summed E-state index contributed by atoms with van der Waals surface area (Å²) >= 11 is -1.39. The van der Waals surface area contributed by atoms with Gasteiger partial charge in [0.2, 0.25) is 22.6 Å². The molecule has 0 bridgehead atoms. The molecule has 0 radical (unpaired) electrons. The lowest BCUT2D eigenvalue weighted by atomic mass is 9.89. The molecule has 21 heavy (non-hydrogen) atoms. The van der Waals surface area contributed by atoms with Crippen LogP contribution in [0.2, 0.25) is 0 Å². The monoisotopic (exact) mass is 304 g/mol. The molecule has 3 rings (SSSR count). The first-order chi connectivity index (χ1) is 10.0. The molecule has 0 saturated carbocycles. The molecule has 4 atom stereocenters. The Bertz CT molecular complexity index is 604. The number of benzene rings is 1. The van der Waals surface area contributed by atoms with Crippen LogP contribution in [0.3, 0.4) is 0 Å². The normalized spacial score (nSPS) is 31.4. The molecule has 2 amide bonds. The molecule has 110 valence electrons. The van der Waals surface area contributed by atoms with Crippen molar-refractivity contribution in [2.75, 3.05) is 6.54 Å². The minimum atomic E-state index is -1.39. The molecule has 1 unspecified atom stereocenters. The number of hydrogen-bond donors (Lipinski definition) is 1. The summed E-state index contributed by atoms with van der Waals surface area (Å²) in [6, 6.07) is 9.34. The van der Waals surface area contributed by atoms with Gasteiger partial charge in [0.15, 0.2) is 0 Å². The van der Waals surface area contributed by atoms with Crippen LogP contribution in [0.25, 0.3) is 0 Å².